The quantitative estimate of drug-likeness (QED) is 0.716. The number of ether oxygens (including phenoxy) is 1. The molecule has 1 spiro atoms. The van der Waals surface area contributed by atoms with Gasteiger partial charge in [-0.1, -0.05) is 20.3 Å². The molecule has 2 aliphatic rings. The summed E-state index contributed by atoms with van der Waals surface area (Å²) < 4.78 is 6.14. The molecule has 0 aromatic heterocycles. The average molecular weight is 225 g/mol. The van der Waals surface area contributed by atoms with Crippen molar-refractivity contribution in [2.45, 2.75) is 52.1 Å². The van der Waals surface area contributed by atoms with Crippen molar-refractivity contribution in [1.82, 2.24) is 4.90 Å². The first-order chi connectivity index (χ1) is 7.65. The van der Waals surface area contributed by atoms with E-state index in [9.17, 15) is 0 Å². The van der Waals surface area contributed by atoms with Crippen molar-refractivity contribution in [2.75, 3.05) is 26.7 Å². The highest BCUT2D eigenvalue weighted by Crippen LogP contribution is 2.43. The summed E-state index contributed by atoms with van der Waals surface area (Å²) in [4.78, 5) is 2.45. The van der Waals surface area contributed by atoms with Crippen molar-refractivity contribution in [1.29, 1.82) is 0 Å². The van der Waals surface area contributed by atoms with Crippen LogP contribution in [0.5, 0.6) is 0 Å². The molecule has 0 aromatic rings. The Morgan fingerprint density at radius 2 is 2.00 bits per heavy atom. The molecule has 0 radical (unpaired) electrons. The van der Waals surface area contributed by atoms with Crippen molar-refractivity contribution < 1.29 is 4.74 Å². The highest BCUT2D eigenvalue weighted by atomic mass is 16.5. The third-order valence-corrected chi connectivity index (χ3v) is 4.61. The van der Waals surface area contributed by atoms with Crippen LogP contribution < -0.4 is 0 Å². The molecule has 16 heavy (non-hydrogen) atoms. The van der Waals surface area contributed by atoms with E-state index in [1.807, 2.05) is 0 Å². The number of rotatable bonds is 2. The first-order valence-corrected chi connectivity index (χ1v) is 6.95. The van der Waals surface area contributed by atoms with E-state index in [-0.39, 0.29) is 0 Å². The molecule has 2 unspecified atom stereocenters. The molecule has 94 valence electrons. The maximum absolute atomic E-state index is 6.14. The minimum atomic E-state index is 0.524. The van der Waals surface area contributed by atoms with Crippen LogP contribution in [-0.2, 0) is 4.74 Å². The fraction of sp³-hybridized carbons (Fsp3) is 1.00. The molecule has 0 N–H and O–H groups in total. The topological polar surface area (TPSA) is 12.5 Å². The Hall–Kier alpha value is -0.0800. The summed E-state index contributed by atoms with van der Waals surface area (Å²) in [6.07, 6.45) is 7.11. The summed E-state index contributed by atoms with van der Waals surface area (Å²) in [7, 11) is 2.24. The first-order valence-electron chi connectivity index (χ1n) is 6.95. The number of hydrogen-bond donors (Lipinski definition) is 0. The van der Waals surface area contributed by atoms with Crippen LogP contribution in [0.1, 0.15) is 46.0 Å². The van der Waals surface area contributed by atoms with E-state index >= 15 is 0 Å². The molecule has 0 aromatic carbocycles. The van der Waals surface area contributed by atoms with Crippen molar-refractivity contribution >= 4 is 0 Å². The minimum absolute atomic E-state index is 0.524. The molecule has 2 heterocycles. The van der Waals surface area contributed by atoms with Gasteiger partial charge in [0.2, 0.25) is 0 Å². The van der Waals surface area contributed by atoms with Crippen molar-refractivity contribution in [3.05, 3.63) is 0 Å². The highest BCUT2D eigenvalue weighted by Gasteiger charge is 2.41. The second-order valence-electron chi connectivity index (χ2n) is 6.12. The fourth-order valence-corrected chi connectivity index (χ4v) is 3.42. The fourth-order valence-electron chi connectivity index (χ4n) is 3.42. The van der Waals surface area contributed by atoms with Gasteiger partial charge in [-0.2, -0.15) is 0 Å². The van der Waals surface area contributed by atoms with Gasteiger partial charge in [0.1, 0.15) is 0 Å². The van der Waals surface area contributed by atoms with E-state index in [2.05, 4.69) is 25.8 Å². The molecule has 0 bridgehead atoms. The Balaban J connectivity index is 1.90. The summed E-state index contributed by atoms with van der Waals surface area (Å²) in [5.41, 5.74) is 0.524. The van der Waals surface area contributed by atoms with Gasteiger partial charge in [-0.25, -0.2) is 0 Å². The summed E-state index contributed by atoms with van der Waals surface area (Å²) >= 11 is 0. The molecular formula is C14H27NO. The molecule has 2 rings (SSSR count). The van der Waals surface area contributed by atoms with Gasteiger partial charge in [0.15, 0.2) is 0 Å². The second-order valence-corrected chi connectivity index (χ2v) is 6.12. The molecule has 2 saturated heterocycles. The zero-order valence-corrected chi connectivity index (χ0v) is 11.2. The Morgan fingerprint density at radius 3 is 2.56 bits per heavy atom. The largest absolute Gasteiger partial charge is 0.377 e. The van der Waals surface area contributed by atoms with Crippen LogP contribution in [0, 0.1) is 11.3 Å². The van der Waals surface area contributed by atoms with Crippen molar-refractivity contribution in [2.24, 2.45) is 11.3 Å². The SMILES string of the molecule is CCCC1OCC2(CCN(C)CC2)CC1C. The van der Waals surface area contributed by atoms with Crippen molar-refractivity contribution in [3.8, 4) is 0 Å². The summed E-state index contributed by atoms with van der Waals surface area (Å²) in [5.74, 6) is 0.761. The normalized spacial score (nSPS) is 35.4. The van der Waals surface area contributed by atoms with E-state index in [0.717, 1.165) is 12.5 Å². The molecule has 0 saturated carbocycles. The van der Waals surface area contributed by atoms with E-state index < -0.39 is 0 Å². The molecule has 0 aliphatic carbocycles. The summed E-state index contributed by atoms with van der Waals surface area (Å²) in [6, 6.07) is 0. The minimum Gasteiger partial charge on any atom is -0.377 e. The van der Waals surface area contributed by atoms with Crippen molar-refractivity contribution in [3.63, 3.8) is 0 Å². The Kier molecular flexibility index (Phi) is 3.91. The smallest absolute Gasteiger partial charge is 0.0601 e. The second kappa shape index (κ2) is 5.05. The summed E-state index contributed by atoms with van der Waals surface area (Å²) in [6.45, 7) is 8.19. The van der Waals surface area contributed by atoms with Gasteiger partial charge < -0.3 is 9.64 Å². The molecule has 2 nitrogen and oxygen atoms in total. The van der Waals surface area contributed by atoms with Gasteiger partial charge >= 0.3 is 0 Å². The Morgan fingerprint density at radius 1 is 1.31 bits per heavy atom. The maximum Gasteiger partial charge on any atom is 0.0601 e. The Labute approximate surface area is 100 Å². The highest BCUT2D eigenvalue weighted by molar-refractivity contribution is 4.91. The predicted octanol–water partition coefficient (Wildman–Crippen LogP) is 2.92. The van der Waals surface area contributed by atoms with Crippen LogP contribution in [-0.4, -0.2) is 37.7 Å². The lowest BCUT2D eigenvalue weighted by Gasteiger charge is -2.47. The maximum atomic E-state index is 6.14. The van der Waals surface area contributed by atoms with Gasteiger partial charge in [0.05, 0.1) is 12.7 Å². The van der Waals surface area contributed by atoms with Crippen LogP contribution in [0.4, 0.5) is 0 Å². The zero-order chi connectivity index (χ0) is 11.6. The van der Waals surface area contributed by atoms with Gasteiger partial charge in [-0.05, 0) is 57.2 Å². The summed E-state index contributed by atoms with van der Waals surface area (Å²) in [5, 5.41) is 0. The van der Waals surface area contributed by atoms with Gasteiger partial charge in [0.25, 0.3) is 0 Å². The van der Waals surface area contributed by atoms with Crippen LogP contribution in [0.2, 0.25) is 0 Å². The third-order valence-electron chi connectivity index (χ3n) is 4.61. The average Bonchev–Trinajstić information content (AvgIpc) is 2.27. The van der Waals surface area contributed by atoms with Gasteiger partial charge in [-0.3, -0.25) is 0 Å². The van der Waals surface area contributed by atoms with E-state index in [1.54, 1.807) is 0 Å². The third kappa shape index (κ3) is 2.60. The number of hydrogen-bond acceptors (Lipinski definition) is 2. The molecule has 2 heteroatoms. The van der Waals surface area contributed by atoms with Gasteiger partial charge in [0, 0.05) is 0 Å². The van der Waals surface area contributed by atoms with Crippen LogP contribution >= 0.6 is 0 Å². The number of likely N-dealkylation sites (tertiary alicyclic amines) is 1. The lowest BCUT2D eigenvalue weighted by Crippen LogP contribution is -2.47. The molecule has 2 atom stereocenters. The zero-order valence-electron chi connectivity index (χ0n) is 11.2. The lowest BCUT2D eigenvalue weighted by atomic mass is 9.70. The Bertz CT molecular complexity index is 221. The molecule has 2 aliphatic heterocycles. The van der Waals surface area contributed by atoms with Crippen LogP contribution in [0.3, 0.4) is 0 Å². The predicted molar refractivity (Wildman–Crippen MR) is 67.6 cm³/mol. The monoisotopic (exact) mass is 225 g/mol. The van der Waals surface area contributed by atoms with Crippen LogP contribution in [0.25, 0.3) is 0 Å². The molecule has 2 fully saturated rings. The molecule has 0 amide bonds. The lowest BCUT2D eigenvalue weighted by molar-refractivity contribution is -0.114. The number of piperidine rings is 1. The number of nitrogens with zero attached hydrogens (tertiary/aromatic N) is 1. The van der Waals surface area contributed by atoms with Gasteiger partial charge in [-0.15, -0.1) is 0 Å². The van der Waals surface area contributed by atoms with Crippen LogP contribution in [0.15, 0.2) is 0 Å². The first kappa shape index (κ1) is 12.4. The van der Waals surface area contributed by atoms with E-state index in [4.69, 9.17) is 4.74 Å². The van der Waals surface area contributed by atoms with E-state index in [1.165, 1.54) is 45.2 Å². The molecular weight excluding hydrogens is 198 g/mol. The van der Waals surface area contributed by atoms with E-state index in [0.29, 0.717) is 11.5 Å². The standard InChI is InChI=1S/C14H27NO/c1-4-5-13-12(2)10-14(11-16-13)6-8-15(3)9-7-14/h12-13H,4-11H2,1-3H3.